The lowest BCUT2D eigenvalue weighted by atomic mass is 9.99. The molecule has 0 saturated carbocycles. The summed E-state index contributed by atoms with van der Waals surface area (Å²) in [6.07, 6.45) is 0.357. The summed E-state index contributed by atoms with van der Waals surface area (Å²) in [5, 5.41) is 20.9. The van der Waals surface area contributed by atoms with E-state index in [1.54, 1.807) is 18.2 Å². The van der Waals surface area contributed by atoms with Gasteiger partial charge in [0.2, 0.25) is 12.3 Å². The molecule has 1 aromatic carbocycles. The highest BCUT2D eigenvalue weighted by Crippen LogP contribution is 2.48. The lowest BCUT2D eigenvalue weighted by molar-refractivity contribution is -0.109. The van der Waals surface area contributed by atoms with Crippen molar-refractivity contribution in [3.8, 4) is 34.3 Å². The van der Waals surface area contributed by atoms with Crippen LogP contribution in [0.25, 0.3) is 11.1 Å². The Morgan fingerprint density at radius 3 is 2.35 bits per heavy atom. The molecule has 0 radical (unpaired) electrons. The van der Waals surface area contributed by atoms with E-state index in [2.05, 4.69) is 15.8 Å². The molecule has 0 fully saturated rings. The summed E-state index contributed by atoms with van der Waals surface area (Å²) in [5.41, 5.74) is 5.36. The molecule has 4 N–H and O–H groups in total. The van der Waals surface area contributed by atoms with Crippen molar-refractivity contribution in [2.75, 3.05) is 26.3 Å². The predicted molar refractivity (Wildman–Crippen MR) is 94.3 cm³/mol. The van der Waals surface area contributed by atoms with E-state index >= 15 is 0 Å². The Balaban J connectivity index is 2.78. The molecule has 2 rings (SSSR count). The van der Waals surface area contributed by atoms with Gasteiger partial charge in [0.05, 0.1) is 37.6 Å². The van der Waals surface area contributed by atoms with Crippen molar-refractivity contribution in [3.63, 3.8) is 0 Å². The van der Waals surface area contributed by atoms with E-state index in [0.717, 1.165) is 0 Å². The molecule has 0 bridgehead atoms. The van der Waals surface area contributed by atoms with Crippen LogP contribution in [0.15, 0.2) is 18.2 Å². The minimum Gasteiger partial charge on any atom is -0.505 e. The maximum atomic E-state index is 10.8. The van der Waals surface area contributed by atoms with Gasteiger partial charge in [-0.25, -0.2) is 4.98 Å². The Bertz CT molecular complexity index is 759. The van der Waals surface area contributed by atoms with E-state index in [1.807, 2.05) is 6.92 Å². The van der Waals surface area contributed by atoms with Gasteiger partial charge in [-0.2, -0.15) is 0 Å². The van der Waals surface area contributed by atoms with Gasteiger partial charge in [0.15, 0.2) is 11.4 Å². The topological polar surface area (TPSA) is 122 Å². The number of aromatic hydroxyl groups is 2. The lowest BCUT2D eigenvalue weighted by Gasteiger charge is -2.19. The third kappa shape index (κ3) is 3.72. The monoisotopic (exact) mass is 363 g/mol. The van der Waals surface area contributed by atoms with Crippen molar-refractivity contribution in [3.05, 3.63) is 23.9 Å². The molecule has 9 heteroatoms. The van der Waals surface area contributed by atoms with Crippen LogP contribution in [-0.2, 0) is 16.1 Å². The number of carbonyl (C=O) groups is 1. The van der Waals surface area contributed by atoms with Gasteiger partial charge in [-0.05, 0) is 19.1 Å². The Morgan fingerprint density at radius 2 is 1.81 bits per heavy atom. The lowest BCUT2D eigenvalue weighted by Crippen LogP contribution is -2.19. The van der Waals surface area contributed by atoms with Crippen LogP contribution in [0.2, 0.25) is 0 Å². The van der Waals surface area contributed by atoms with Crippen molar-refractivity contribution in [1.82, 2.24) is 10.4 Å². The molecule has 1 amide bonds. The van der Waals surface area contributed by atoms with Gasteiger partial charge in [0, 0.05) is 6.61 Å². The first kappa shape index (κ1) is 19.1. The highest BCUT2D eigenvalue weighted by Gasteiger charge is 2.25. The molecule has 0 atom stereocenters. The predicted octanol–water partition coefficient (Wildman–Crippen LogP) is 1.79. The second-order valence-corrected chi connectivity index (χ2v) is 5.04. The van der Waals surface area contributed by atoms with Crippen LogP contribution < -0.4 is 20.3 Å². The van der Waals surface area contributed by atoms with Crippen molar-refractivity contribution in [1.29, 1.82) is 0 Å². The van der Waals surface area contributed by atoms with Crippen LogP contribution in [-0.4, -0.2) is 42.4 Å². The number of benzene rings is 1. The molecular formula is C17H21N3O6. The molecule has 140 valence electrons. The maximum absolute atomic E-state index is 10.8. The molecule has 0 aliphatic rings. The number of rotatable bonds is 9. The summed E-state index contributed by atoms with van der Waals surface area (Å²) < 4.78 is 16.2. The van der Waals surface area contributed by atoms with Crippen LogP contribution in [0, 0.1) is 0 Å². The van der Waals surface area contributed by atoms with Gasteiger partial charge in [-0.3, -0.25) is 15.6 Å². The number of anilines is 1. The number of hydrogen-bond donors (Lipinski definition) is 4. The molecule has 0 unspecified atom stereocenters. The fourth-order valence-electron chi connectivity index (χ4n) is 2.49. The summed E-state index contributed by atoms with van der Waals surface area (Å²) in [5.74, 6) is 0.0203. The molecule has 0 aliphatic carbocycles. The number of amides is 1. The zero-order chi connectivity index (χ0) is 19.1. The number of nitrogens with zero attached hydrogens (tertiary/aromatic N) is 1. The number of carbonyl (C=O) groups excluding carboxylic acids is 1. The van der Waals surface area contributed by atoms with Gasteiger partial charge in [-0.15, -0.1) is 0 Å². The highest BCUT2D eigenvalue weighted by molar-refractivity contribution is 5.88. The molecule has 0 spiro atoms. The number of hydrogen-bond acceptors (Lipinski definition) is 8. The normalized spacial score (nSPS) is 10.3. The molecule has 26 heavy (non-hydrogen) atoms. The number of hydrazine groups is 1. The first-order valence-electron chi connectivity index (χ1n) is 7.78. The number of ether oxygens (including phenoxy) is 3. The van der Waals surface area contributed by atoms with Crippen molar-refractivity contribution in [2.24, 2.45) is 0 Å². The minimum absolute atomic E-state index is 0.0372. The van der Waals surface area contributed by atoms with E-state index in [1.165, 1.54) is 14.2 Å². The highest BCUT2D eigenvalue weighted by atomic mass is 16.5. The minimum atomic E-state index is -0.496. The van der Waals surface area contributed by atoms with Crippen LogP contribution >= 0.6 is 0 Å². The Labute approximate surface area is 150 Å². The molecule has 9 nitrogen and oxygen atoms in total. The van der Waals surface area contributed by atoms with E-state index in [0.29, 0.717) is 30.1 Å². The third-order valence-corrected chi connectivity index (χ3v) is 3.60. The molecule has 0 saturated heterocycles. The Hall–Kier alpha value is -3.20. The maximum Gasteiger partial charge on any atom is 0.241 e. The second-order valence-electron chi connectivity index (χ2n) is 5.04. The summed E-state index contributed by atoms with van der Waals surface area (Å²) in [6, 6.07) is 5.14. The van der Waals surface area contributed by atoms with Crippen LogP contribution in [0.1, 0.15) is 12.6 Å². The zero-order valence-electron chi connectivity index (χ0n) is 14.7. The van der Waals surface area contributed by atoms with E-state index < -0.39 is 5.88 Å². The number of nitrogens with one attached hydrogen (secondary N) is 2. The molecular weight excluding hydrogens is 342 g/mol. The average molecular weight is 363 g/mol. The number of aromatic nitrogens is 1. The molecule has 0 aliphatic heterocycles. The standard InChI is InChI=1S/C17H21N3O6/c1-4-26-8-10-13(14-11(24-2)6-5-7-12(14)25-3)16(22)15(17(23)19-10)20-18-9-21/h5-7,9,20H,4,8H2,1-3H3,(H,18,21)(H2,19,22,23). The van der Waals surface area contributed by atoms with Gasteiger partial charge >= 0.3 is 0 Å². The summed E-state index contributed by atoms with van der Waals surface area (Å²) in [6.45, 7) is 2.26. The Morgan fingerprint density at radius 1 is 1.15 bits per heavy atom. The largest absolute Gasteiger partial charge is 0.505 e. The van der Waals surface area contributed by atoms with Gasteiger partial charge in [0.1, 0.15) is 11.5 Å². The first-order valence-corrected chi connectivity index (χ1v) is 7.78. The molecule has 1 heterocycles. The van der Waals surface area contributed by atoms with Crippen molar-refractivity contribution in [2.45, 2.75) is 13.5 Å². The van der Waals surface area contributed by atoms with Crippen LogP contribution in [0.4, 0.5) is 5.69 Å². The summed E-state index contributed by atoms with van der Waals surface area (Å²) in [7, 11) is 2.97. The van der Waals surface area contributed by atoms with E-state index in [-0.39, 0.29) is 29.3 Å². The van der Waals surface area contributed by atoms with Gasteiger partial charge in [0.25, 0.3) is 0 Å². The zero-order valence-corrected chi connectivity index (χ0v) is 14.7. The summed E-state index contributed by atoms with van der Waals surface area (Å²) >= 11 is 0. The number of methoxy groups -OCH3 is 2. The SMILES string of the molecule is CCOCc1nc(O)c(NNC=O)c(O)c1-c1c(OC)cccc1OC. The number of pyridine rings is 1. The second kappa shape index (κ2) is 8.77. The quantitative estimate of drug-likeness (QED) is 0.393. The van der Waals surface area contributed by atoms with Crippen LogP contribution in [0.5, 0.6) is 23.1 Å². The fraction of sp³-hybridized carbons (Fsp3) is 0.294. The van der Waals surface area contributed by atoms with Gasteiger partial charge < -0.3 is 24.4 Å². The van der Waals surface area contributed by atoms with Gasteiger partial charge in [-0.1, -0.05) is 6.07 Å². The van der Waals surface area contributed by atoms with E-state index in [9.17, 15) is 15.0 Å². The fourth-order valence-corrected chi connectivity index (χ4v) is 2.49. The summed E-state index contributed by atoms with van der Waals surface area (Å²) in [4.78, 5) is 14.6. The average Bonchev–Trinajstić information content (AvgIpc) is 2.65. The first-order chi connectivity index (χ1) is 12.6. The van der Waals surface area contributed by atoms with Crippen LogP contribution in [0.3, 0.4) is 0 Å². The van der Waals surface area contributed by atoms with Crippen molar-refractivity contribution >= 4 is 12.1 Å². The Kier molecular flexibility index (Phi) is 6.45. The third-order valence-electron chi connectivity index (χ3n) is 3.60. The molecule has 1 aromatic heterocycles. The molecule has 2 aromatic rings. The van der Waals surface area contributed by atoms with Crippen molar-refractivity contribution < 1.29 is 29.2 Å². The van der Waals surface area contributed by atoms with E-state index in [4.69, 9.17) is 14.2 Å². The smallest absolute Gasteiger partial charge is 0.241 e.